The van der Waals surface area contributed by atoms with Gasteiger partial charge in [0.2, 0.25) is 0 Å². The number of aliphatic imine (C=N–C) groups is 1. The van der Waals surface area contributed by atoms with Gasteiger partial charge in [0.25, 0.3) is 0 Å². The molecular weight excluding hydrogens is 435 g/mol. The average molecular weight is 464 g/mol. The minimum Gasteiger partial charge on any atom is -0.497 e. The Morgan fingerprint density at radius 2 is 1.92 bits per heavy atom. The quantitative estimate of drug-likeness (QED) is 0.312. The van der Waals surface area contributed by atoms with Crippen LogP contribution in [0.2, 0.25) is 0 Å². The molecule has 0 aliphatic rings. The zero-order valence-electron chi connectivity index (χ0n) is 15.2. The van der Waals surface area contributed by atoms with Crippen molar-refractivity contribution in [1.29, 1.82) is 0 Å². The Balaban J connectivity index is 0.00000576. The Kier molecular flexibility index (Phi) is 11.8. The Bertz CT molecular complexity index is 535. The van der Waals surface area contributed by atoms with Gasteiger partial charge in [-0.25, -0.2) is 4.79 Å². The number of carbonyl (C=O) groups excluding carboxylic acids is 1. The fraction of sp³-hybridized carbons (Fsp3) is 0.529. The van der Waals surface area contributed by atoms with E-state index in [0.717, 1.165) is 17.9 Å². The van der Waals surface area contributed by atoms with Gasteiger partial charge < -0.3 is 25.8 Å². The third kappa shape index (κ3) is 10.0. The van der Waals surface area contributed by atoms with E-state index in [1.807, 2.05) is 24.3 Å². The lowest BCUT2D eigenvalue weighted by Crippen LogP contribution is -2.39. The Morgan fingerprint density at radius 1 is 1.28 bits per heavy atom. The third-order valence-electron chi connectivity index (χ3n) is 3.20. The second kappa shape index (κ2) is 12.6. The van der Waals surface area contributed by atoms with Gasteiger partial charge in [-0.2, -0.15) is 0 Å². The van der Waals surface area contributed by atoms with Crippen molar-refractivity contribution in [3.63, 3.8) is 0 Å². The molecule has 0 bridgehead atoms. The smallest absolute Gasteiger partial charge is 0.407 e. The van der Waals surface area contributed by atoms with Gasteiger partial charge in [0.05, 0.1) is 26.3 Å². The van der Waals surface area contributed by atoms with E-state index >= 15 is 0 Å². The van der Waals surface area contributed by atoms with Crippen molar-refractivity contribution in [3.05, 3.63) is 24.3 Å². The zero-order valence-corrected chi connectivity index (χ0v) is 17.6. The summed E-state index contributed by atoms with van der Waals surface area (Å²) in [5.74, 6) is 1.48. The number of hydrogen-bond donors (Lipinski definition) is 3. The van der Waals surface area contributed by atoms with E-state index in [1.165, 1.54) is 0 Å². The number of anilines is 1. The molecule has 0 spiro atoms. The van der Waals surface area contributed by atoms with Crippen LogP contribution in [0.1, 0.15) is 27.2 Å². The van der Waals surface area contributed by atoms with E-state index in [-0.39, 0.29) is 30.0 Å². The molecule has 0 aromatic heterocycles. The first-order valence-corrected chi connectivity index (χ1v) is 8.08. The van der Waals surface area contributed by atoms with Crippen LogP contribution in [0.3, 0.4) is 0 Å². The van der Waals surface area contributed by atoms with Gasteiger partial charge in [0.15, 0.2) is 5.96 Å². The maximum absolute atomic E-state index is 11.6. The molecule has 8 heteroatoms. The van der Waals surface area contributed by atoms with E-state index in [4.69, 9.17) is 15.2 Å². The molecule has 0 radical (unpaired) electrons. The van der Waals surface area contributed by atoms with Crippen LogP contribution in [0.4, 0.5) is 10.5 Å². The molecule has 0 saturated heterocycles. The number of benzene rings is 1. The summed E-state index contributed by atoms with van der Waals surface area (Å²) in [7, 11) is 1.61. The second-order valence-corrected chi connectivity index (χ2v) is 5.77. The van der Waals surface area contributed by atoms with Crippen LogP contribution in [0.5, 0.6) is 5.75 Å². The number of halogens is 1. The number of carbonyl (C=O) groups is 1. The first-order valence-electron chi connectivity index (χ1n) is 8.08. The minimum absolute atomic E-state index is 0. The van der Waals surface area contributed by atoms with Crippen LogP contribution < -0.4 is 21.1 Å². The van der Waals surface area contributed by atoms with Crippen molar-refractivity contribution >= 4 is 41.7 Å². The van der Waals surface area contributed by atoms with Crippen molar-refractivity contribution in [2.24, 2.45) is 16.6 Å². The summed E-state index contributed by atoms with van der Waals surface area (Å²) in [6.45, 7) is 6.66. The summed E-state index contributed by atoms with van der Waals surface area (Å²) < 4.78 is 10.0. The van der Waals surface area contributed by atoms with E-state index in [0.29, 0.717) is 25.0 Å². The monoisotopic (exact) mass is 464 g/mol. The number of guanidine groups is 1. The number of amides is 1. The SMILES string of the molecule is CCOC(=O)NC(CN=C(N)Nc1ccc(OC)cc1)CC(C)C.I. The number of alkyl carbamates (subject to hydrolysis) is 1. The first-order chi connectivity index (χ1) is 11.4. The molecule has 4 N–H and O–H groups in total. The van der Waals surface area contributed by atoms with Gasteiger partial charge in [0.1, 0.15) is 5.75 Å². The molecule has 142 valence electrons. The molecule has 0 aliphatic heterocycles. The summed E-state index contributed by atoms with van der Waals surface area (Å²) in [6.07, 6.45) is 0.359. The highest BCUT2D eigenvalue weighted by atomic mass is 127. The van der Waals surface area contributed by atoms with Crippen molar-refractivity contribution < 1.29 is 14.3 Å². The number of rotatable bonds is 8. The molecule has 1 aromatic carbocycles. The molecule has 1 atom stereocenters. The van der Waals surface area contributed by atoms with Crippen molar-refractivity contribution in [1.82, 2.24) is 5.32 Å². The Labute approximate surface area is 166 Å². The molecule has 7 nitrogen and oxygen atoms in total. The van der Waals surface area contributed by atoms with Gasteiger partial charge in [0, 0.05) is 5.69 Å². The largest absolute Gasteiger partial charge is 0.497 e. The van der Waals surface area contributed by atoms with Gasteiger partial charge in [-0.15, -0.1) is 24.0 Å². The Hall–Kier alpha value is -1.71. The van der Waals surface area contributed by atoms with Gasteiger partial charge in [-0.05, 0) is 43.5 Å². The maximum Gasteiger partial charge on any atom is 0.407 e. The molecule has 1 unspecified atom stereocenters. The highest BCUT2D eigenvalue weighted by molar-refractivity contribution is 14.0. The second-order valence-electron chi connectivity index (χ2n) is 5.77. The fourth-order valence-electron chi connectivity index (χ4n) is 2.16. The summed E-state index contributed by atoms with van der Waals surface area (Å²) >= 11 is 0. The summed E-state index contributed by atoms with van der Waals surface area (Å²) in [6, 6.07) is 7.24. The predicted octanol–water partition coefficient (Wildman–Crippen LogP) is 3.20. The van der Waals surface area contributed by atoms with Gasteiger partial charge >= 0.3 is 6.09 Å². The number of nitrogens with zero attached hydrogens (tertiary/aromatic N) is 1. The number of ether oxygens (including phenoxy) is 2. The standard InChI is InChI=1S/C17H28N4O3.HI/c1-5-24-17(22)21-14(10-12(2)3)11-19-16(18)20-13-6-8-15(23-4)9-7-13;/h6-9,12,14H,5,10-11H2,1-4H3,(H,21,22)(H3,18,19,20);1H. The summed E-state index contributed by atoms with van der Waals surface area (Å²) in [5.41, 5.74) is 6.72. The van der Waals surface area contributed by atoms with Crippen LogP contribution in [0.15, 0.2) is 29.3 Å². The van der Waals surface area contributed by atoms with E-state index < -0.39 is 6.09 Å². The normalized spacial score (nSPS) is 12.1. The number of methoxy groups -OCH3 is 1. The van der Waals surface area contributed by atoms with Crippen LogP contribution in [-0.4, -0.2) is 38.4 Å². The van der Waals surface area contributed by atoms with E-state index in [2.05, 4.69) is 29.5 Å². The number of nitrogens with two attached hydrogens (primary N) is 1. The highest BCUT2D eigenvalue weighted by Gasteiger charge is 2.14. The van der Waals surface area contributed by atoms with Crippen LogP contribution >= 0.6 is 24.0 Å². The lowest BCUT2D eigenvalue weighted by atomic mass is 10.0. The van der Waals surface area contributed by atoms with Crippen molar-refractivity contribution in [2.45, 2.75) is 33.2 Å². The van der Waals surface area contributed by atoms with Crippen LogP contribution in [0.25, 0.3) is 0 Å². The molecule has 0 fully saturated rings. The predicted molar refractivity (Wildman–Crippen MR) is 112 cm³/mol. The fourth-order valence-corrected chi connectivity index (χ4v) is 2.16. The molecule has 0 heterocycles. The van der Waals surface area contributed by atoms with Crippen molar-refractivity contribution in [2.75, 3.05) is 25.6 Å². The molecule has 1 amide bonds. The molecule has 25 heavy (non-hydrogen) atoms. The summed E-state index contributed by atoms with van der Waals surface area (Å²) in [5, 5.41) is 5.82. The van der Waals surface area contributed by atoms with Gasteiger partial charge in [-0.3, -0.25) is 4.99 Å². The summed E-state index contributed by atoms with van der Waals surface area (Å²) in [4.78, 5) is 15.9. The van der Waals surface area contributed by atoms with Crippen LogP contribution in [0, 0.1) is 5.92 Å². The van der Waals surface area contributed by atoms with Crippen molar-refractivity contribution in [3.8, 4) is 5.75 Å². The van der Waals surface area contributed by atoms with E-state index in [1.54, 1.807) is 14.0 Å². The van der Waals surface area contributed by atoms with E-state index in [9.17, 15) is 4.79 Å². The lowest BCUT2D eigenvalue weighted by molar-refractivity contribution is 0.147. The average Bonchev–Trinajstić information content (AvgIpc) is 2.53. The molecule has 1 aromatic rings. The lowest BCUT2D eigenvalue weighted by Gasteiger charge is -2.18. The number of nitrogens with one attached hydrogen (secondary N) is 2. The Morgan fingerprint density at radius 3 is 2.44 bits per heavy atom. The highest BCUT2D eigenvalue weighted by Crippen LogP contribution is 2.14. The third-order valence-corrected chi connectivity index (χ3v) is 3.20. The molecule has 0 saturated carbocycles. The first kappa shape index (κ1) is 23.3. The molecule has 0 aliphatic carbocycles. The maximum atomic E-state index is 11.6. The molecule has 1 rings (SSSR count). The zero-order chi connectivity index (χ0) is 17.9. The van der Waals surface area contributed by atoms with Gasteiger partial charge in [-0.1, -0.05) is 13.8 Å². The minimum atomic E-state index is -0.431. The molecular formula is C17H29IN4O3. The number of hydrogen-bond acceptors (Lipinski definition) is 4. The topological polar surface area (TPSA) is 98.0 Å². The van der Waals surface area contributed by atoms with Crippen LogP contribution in [-0.2, 0) is 4.74 Å².